The Morgan fingerprint density at radius 1 is 1.48 bits per heavy atom. The van der Waals surface area contributed by atoms with E-state index in [1.165, 1.54) is 0 Å². The molecule has 21 heavy (non-hydrogen) atoms. The normalized spacial score (nSPS) is 22.8. The Hall–Kier alpha value is -0.950. The van der Waals surface area contributed by atoms with E-state index >= 15 is 0 Å². The highest BCUT2D eigenvalue weighted by atomic mass is 32.2. The number of aromatic nitrogens is 3. The van der Waals surface area contributed by atoms with Crippen molar-refractivity contribution in [1.82, 2.24) is 20.1 Å². The molecule has 0 spiro atoms. The van der Waals surface area contributed by atoms with Crippen LogP contribution in [0.3, 0.4) is 0 Å². The Balaban J connectivity index is 2.00. The number of rotatable bonds is 7. The van der Waals surface area contributed by atoms with Gasteiger partial charge in [0.1, 0.15) is 12.2 Å². The van der Waals surface area contributed by atoms with Crippen LogP contribution in [0.5, 0.6) is 0 Å². The van der Waals surface area contributed by atoms with Gasteiger partial charge in [-0.3, -0.25) is 0 Å². The molecule has 0 aliphatic carbocycles. The van der Waals surface area contributed by atoms with Crippen molar-refractivity contribution in [2.45, 2.75) is 52.1 Å². The van der Waals surface area contributed by atoms with Gasteiger partial charge in [-0.05, 0) is 39.2 Å². The van der Waals surface area contributed by atoms with Crippen molar-refractivity contribution in [2.75, 3.05) is 18.1 Å². The van der Waals surface area contributed by atoms with E-state index in [9.17, 15) is 8.42 Å². The lowest BCUT2D eigenvalue weighted by Crippen LogP contribution is -2.34. The maximum atomic E-state index is 11.6. The lowest BCUT2D eigenvalue weighted by Gasteiger charge is -2.21. The fourth-order valence-electron chi connectivity index (χ4n) is 3.06. The van der Waals surface area contributed by atoms with Crippen LogP contribution in [0.2, 0.25) is 0 Å². The van der Waals surface area contributed by atoms with E-state index in [0.717, 1.165) is 31.6 Å². The van der Waals surface area contributed by atoms with Crippen molar-refractivity contribution in [1.29, 1.82) is 0 Å². The average molecular weight is 314 g/mol. The summed E-state index contributed by atoms with van der Waals surface area (Å²) >= 11 is 0. The maximum absolute atomic E-state index is 11.6. The largest absolute Gasteiger partial charge is 0.314 e. The lowest BCUT2D eigenvalue weighted by atomic mass is 9.97. The van der Waals surface area contributed by atoms with Crippen LogP contribution < -0.4 is 5.32 Å². The fraction of sp³-hybridized carbons (Fsp3) is 0.857. The Bertz CT molecular complexity index is 553. The monoisotopic (exact) mass is 314 g/mol. The van der Waals surface area contributed by atoms with Gasteiger partial charge in [0.05, 0.1) is 11.5 Å². The summed E-state index contributed by atoms with van der Waals surface area (Å²) in [5.74, 6) is 1.93. The molecule has 2 atom stereocenters. The molecular formula is C14H26N4O2S. The molecule has 1 aromatic rings. The third-order valence-electron chi connectivity index (χ3n) is 4.00. The Morgan fingerprint density at radius 2 is 2.24 bits per heavy atom. The van der Waals surface area contributed by atoms with Crippen LogP contribution in [0.4, 0.5) is 0 Å². The summed E-state index contributed by atoms with van der Waals surface area (Å²) < 4.78 is 25.1. The first-order valence-corrected chi connectivity index (χ1v) is 9.55. The van der Waals surface area contributed by atoms with Gasteiger partial charge in [0.25, 0.3) is 0 Å². The Labute approximate surface area is 127 Å². The number of likely N-dealkylation sites (N-methyl/N-ethyl adjacent to an activating group) is 1. The highest BCUT2D eigenvalue weighted by Gasteiger charge is 2.30. The van der Waals surface area contributed by atoms with E-state index in [0.29, 0.717) is 11.5 Å². The molecule has 0 aromatic carbocycles. The molecule has 1 aliphatic rings. The summed E-state index contributed by atoms with van der Waals surface area (Å²) in [4.78, 5) is 4.36. The topological polar surface area (TPSA) is 76.9 Å². The number of nitrogens with zero attached hydrogens (tertiary/aromatic N) is 3. The summed E-state index contributed by atoms with van der Waals surface area (Å²) in [6.07, 6.45) is 4.07. The van der Waals surface area contributed by atoms with Crippen LogP contribution in [0.15, 0.2) is 6.33 Å². The van der Waals surface area contributed by atoms with Gasteiger partial charge in [0, 0.05) is 18.5 Å². The Morgan fingerprint density at radius 3 is 2.81 bits per heavy atom. The smallest absolute Gasteiger partial charge is 0.150 e. The molecule has 120 valence electrons. The lowest BCUT2D eigenvalue weighted by molar-refractivity contribution is 0.391. The standard InChI is InChI=1S/C14H26N4O2S/c1-4-15-13(7-12-5-6-21(19,20)9-12)8-14-16-10-17-18(14)11(2)3/h10-13,15H,4-9H2,1-3H3. The molecule has 1 N–H and O–H groups in total. The highest BCUT2D eigenvalue weighted by Crippen LogP contribution is 2.24. The summed E-state index contributed by atoms with van der Waals surface area (Å²) in [6, 6.07) is 0.548. The van der Waals surface area contributed by atoms with E-state index in [4.69, 9.17) is 0 Å². The van der Waals surface area contributed by atoms with E-state index in [-0.39, 0.29) is 18.0 Å². The van der Waals surface area contributed by atoms with Crippen molar-refractivity contribution in [3.8, 4) is 0 Å². The predicted molar refractivity (Wildman–Crippen MR) is 83.0 cm³/mol. The molecule has 1 aromatic heterocycles. The minimum Gasteiger partial charge on any atom is -0.314 e. The van der Waals surface area contributed by atoms with Crippen molar-refractivity contribution in [2.24, 2.45) is 5.92 Å². The molecule has 2 heterocycles. The predicted octanol–water partition coefficient (Wildman–Crippen LogP) is 1.20. The van der Waals surface area contributed by atoms with Crippen molar-refractivity contribution >= 4 is 9.84 Å². The van der Waals surface area contributed by atoms with Crippen molar-refractivity contribution < 1.29 is 8.42 Å². The van der Waals surface area contributed by atoms with Crippen molar-refractivity contribution in [3.05, 3.63) is 12.2 Å². The first-order valence-electron chi connectivity index (χ1n) is 7.73. The zero-order valence-corrected chi connectivity index (χ0v) is 13.9. The number of sulfone groups is 1. The second-order valence-electron chi connectivity index (χ2n) is 6.18. The molecule has 2 unspecified atom stereocenters. The molecule has 6 nitrogen and oxygen atoms in total. The Kier molecular flexibility index (Phi) is 5.37. The van der Waals surface area contributed by atoms with E-state index in [2.05, 4.69) is 36.2 Å². The van der Waals surface area contributed by atoms with Crippen LogP contribution in [0.25, 0.3) is 0 Å². The second kappa shape index (κ2) is 6.87. The molecule has 0 radical (unpaired) electrons. The van der Waals surface area contributed by atoms with Gasteiger partial charge >= 0.3 is 0 Å². The third kappa shape index (κ3) is 4.51. The summed E-state index contributed by atoms with van der Waals surface area (Å²) in [7, 11) is -2.80. The summed E-state index contributed by atoms with van der Waals surface area (Å²) in [6.45, 7) is 7.12. The number of nitrogens with one attached hydrogen (secondary N) is 1. The molecular weight excluding hydrogens is 288 g/mol. The van der Waals surface area contributed by atoms with Gasteiger partial charge in [0.15, 0.2) is 9.84 Å². The van der Waals surface area contributed by atoms with Gasteiger partial charge in [-0.2, -0.15) is 5.10 Å². The van der Waals surface area contributed by atoms with E-state index in [1.54, 1.807) is 6.33 Å². The van der Waals surface area contributed by atoms with E-state index < -0.39 is 9.84 Å². The molecule has 0 saturated carbocycles. The van der Waals surface area contributed by atoms with Crippen LogP contribution in [-0.2, 0) is 16.3 Å². The fourth-order valence-corrected chi connectivity index (χ4v) is 4.94. The van der Waals surface area contributed by atoms with Gasteiger partial charge in [-0.25, -0.2) is 18.1 Å². The zero-order chi connectivity index (χ0) is 15.5. The molecule has 1 fully saturated rings. The molecule has 7 heteroatoms. The van der Waals surface area contributed by atoms with Crippen LogP contribution in [0, 0.1) is 5.92 Å². The molecule has 1 aliphatic heterocycles. The first kappa shape index (κ1) is 16.4. The molecule has 0 bridgehead atoms. The maximum Gasteiger partial charge on any atom is 0.150 e. The van der Waals surface area contributed by atoms with E-state index in [1.807, 2.05) is 4.68 Å². The minimum absolute atomic E-state index is 0.259. The molecule has 1 saturated heterocycles. The second-order valence-corrected chi connectivity index (χ2v) is 8.41. The van der Waals surface area contributed by atoms with Crippen LogP contribution in [-0.4, -0.2) is 47.3 Å². The summed E-state index contributed by atoms with van der Waals surface area (Å²) in [5.41, 5.74) is 0. The molecule has 2 rings (SSSR count). The van der Waals surface area contributed by atoms with Gasteiger partial charge < -0.3 is 5.32 Å². The zero-order valence-electron chi connectivity index (χ0n) is 13.1. The first-order chi connectivity index (χ1) is 9.91. The van der Waals surface area contributed by atoms with Gasteiger partial charge in [-0.15, -0.1) is 0 Å². The van der Waals surface area contributed by atoms with Gasteiger partial charge in [0.2, 0.25) is 0 Å². The average Bonchev–Trinajstić information content (AvgIpc) is 2.96. The quantitative estimate of drug-likeness (QED) is 0.818. The molecule has 0 amide bonds. The third-order valence-corrected chi connectivity index (χ3v) is 5.84. The SMILES string of the molecule is CCNC(Cc1ncnn1C(C)C)CC1CCS(=O)(=O)C1. The minimum atomic E-state index is -2.80. The highest BCUT2D eigenvalue weighted by molar-refractivity contribution is 7.91. The van der Waals surface area contributed by atoms with Crippen LogP contribution >= 0.6 is 0 Å². The van der Waals surface area contributed by atoms with Crippen molar-refractivity contribution in [3.63, 3.8) is 0 Å². The van der Waals surface area contributed by atoms with Gasteiger partial charge in [-0.1, -0.05) is 6.92 Å². The van der Waals surface area contributed by atoms with Crippen LogP contribution in [0.1, 0.15) is 45.5 Å². The number of hydrogen-bond acceptors (Lipinski definition) is 5. The summed E-state index contributed by atoms with van der Waals surface area (Å²) in [5, 5.41) is 7.73. The number of hydrogen-bond donors (Lipinski definition) is 1.